The second kappa shape index (κ2) is 8.55. The minimum atomic E-state index is -0.899. The summed E-state index contributed by atoms with van der Waals surface area (Å²) in [6.45, 7) is 1.86. The highest BCUT2D eigenvalue weighted by Gasteiger charge is 2.21. The van der Waals surface area contributed by atoms with Crippen LogP contribution in [0.3, 0.4) is 0 Å². The Bertz CT molecular complexity index is 1370. The minimum absolute atomic E-state index is 0.136. The lowest BCUT2D eigenvalue weighted by Gasteiger charge is -2.27. The SMILES string of the molecule is Nc1ccc(-c2nc3c(c(=O)[nH]2)CN(Cc2ccc(-c4ccc(F)c(F)c4)nc2)CC3)cc1. The lowest BCUT2D eigenvalue weighted by Crippen LogP contribution is -2.35. The number of H-pyrrole nitrogens is 1. The molecule has 0 saturated carbocycles. The maximum Gasteiger partial charge on any atom is 0.255 e. The van der Waals surface area contributed by atoms with Crippen molar-refractivity contribution in [1.29, 1.82) is 0 Å². The maximum atomic E-state index is 13.5. The van der Waals surface area contributed by atoms with Gasteiger partial charge in [-0.1, -0.05) is 6.07 Å². The summed E-state index contributed by atoms with van der Waals surface area (Å²) in [5.74, 6) is -1.24. The van der Waals surface area contributed by atoms with E-state index in [9.17, 15) is 13.6 Å². The Morgan fingerprint density at radius 2 is 1.79 bits per heavy atom. The number of nitrogens with two attached hydrogens (primary N) is 1. The van der Waals surface area contributed by atoms with Gasteiger partial charge in [0, 0.05) is 49.1 Å². The molecule has 2 aromatic carbocycles. The highest BCUT2D eigenvalue weighted by atomic mass is 19.2. The Morgan fingerprint density at radius 1 is 1.00 bits per heavy atom. The summed E-state index contributed by atoms with van der Waals surface area (Å²) in [4.78, 5) is 26.9. The number of benzene rings is 2. The van der Waals surface area contributed by atoms with Crippen molar-refractivity contribution in [3.63, 3.8) is 0 Å². The topological polar surface area (TPSA) is 87.9 Å². The van der Waals surface area contributed by atoms with Gasteiger partial charge in [-0.25, -0.2) is 13.8 Å². The van der Waals surface area contributed by atoms with E-state index < -0.39 is 11.6 Å². The number of aromatic amines is 1. The molecule has 0 fully saturated rings. The van der Waals surface area contributed by atoms with Gasteiger partial charge >= 0.3 is 0 Å². The Morgan fingerprint density at radius 3 is 2.52 bits per heavy atom. The van der Waals surface area contributed by atoms with E-state index in [0.29, 0.717) is 47.8 Å². The van der Waals surface area contributed by atoms with Gasteiger partial charge in [0.05, 0.1) is 17.0 Å². The van der Waals surface area contributed by atoms with E-state index >= 15 is 0 Å². The fourth-order valence-corrected chi connectivity index (χ4v) is 4.00. The minimum Gasteiger partial charge on any atom is -0.399 e. The molecular formula is C25H21F2N5O. The second-order valence-electron chi connectivity index (χ2n) is 8.10. The Hall–Kier alpha value is -3.91. The number of pyridine rings is 1. The Labute approximate surface area is 188 Å². The van der Waals surface area contributed by atoms with Crippen molar-refractivity contribution in [3.8, 4) is 22.6 Å². The third-order valence-electron chi connectivity index (χ3n) is 5.78. The molecule has 0 atom stereocenters. The van der Waals surface area contributed by atoms with Crippen LogP contribution >= 0.6 is 0 Å². The van der Waals surface area contributed by atoms with Crippen LogP contribution in [0.4, 0.5) is 14.5 Å². The Balaban J connectivity index is 1.31. The number of halogens is 2. The van der Waals surface area contributed by atoms with Crippen molar-refractivity contribution >= 4 is 5.69 Å². The molecule has 5 rings (SSSR count). The van der Waals surface area contributed by atoms with Crippen molar-refractivity contribution in [3.05, 3.63) is 99.6 Å². The van der Waals surface area contributed by atoms with Crippen molar-refractivity contribution < 1.29 is 8.78 Å². The van der Waals surface area contributed by atoms with Gasteiger partial charge in [-0.05, 0) is 54.1 Å². The third-order valence-corrected chi connectivity index (χ3v) is 5.78. The lowest BCUT2D eigenvalue weighted by molar-refractivity contribution is 0.241. The predicted molar refractivity (Wildman–Crippen MR) is 122 cm³/mol. The maximum absolute atomic E-state index is 13.5. The summed E-state index contributed by atoms with van der Waals surface area (Å²) in [6.07, 6.45) is 2.39. The van der Waals surface area contributed by atoms with E-state index in [1.54, 1.807) is 24.4 Å². The first-order chi connectivity index (χ1) is 16.0. The van der Waals surface area contributed by atoms with E-state index in [-0.39, 0.29) is 5.56 Å². The molecule has 166 valence electrons. The average Bonchev–Trinajstić information content (AvgIpc) is 2.82. The summed E-state index contributed by atoms with van der Waals surface area (Å²) in [6, 6.07) is 14.7. The second-order valence-corrected chi connectivity index (χ2v) is 8.10. The van der Waals surface area contributed by atoms with Crippen LogP contribution in [0.2, 0.25) is 0 Å². The zero-order chi connectivity index (χ0) is 22.9. The van der Waals surface area contributed by atoms with Crippen LogP contribution in [-0.4, -0.2) is 26.4 Å². The molecule has 33 heavy (non-hydrogen) atoms. The predicted octanol–water partition coefficient (Wildman–Crippen LogP) is 3.92. The molecule has 0 unspecified atom stereocenters. The number of nitrogens with zero attached hydrogens (tertiary/aromatic N) is 3. The van der Waals surface area contributed by atoms with Gasteiger partial charge in [-0.15, -0.1) is 0 Å². The molecule has 3 heterocycles. The van der Waals surface area contributed by atoms with Crippen LogP contribution in [0, 0.1) is 11.6 Å². The number of nitrogen functional groups attached to an aromatic ring is 1. The van der Waals surface area contributed by atoms with Crippen LogP contribution < -0.4 is 11.3 Å². The molecule has 1 aliphatic rings. The van der Waals surface area contributed by atoms with Gasteiger partial charge in [0.25, 0.3) is 5.56 Å². The van der Waals surface area contributed by atoms with Gasteiger partial charge in [-0.3, -0.25) is 14.7 Å². The molecule has 8 heteroatoms. The van der Waals surface area contributed by atoms with Gasteiger partial charge in [-0.2, -0.15) is 0 Å². The molecule has 0 bridgehead atoms. The van der Waals surface area contributed by atoms with Crippen molar-refractivity contribution in [2.75, 3.05) is 12.3 Å². The van der Waals surface area contributed by atoms with E-state index in [2.05, 4.69) is 19.9 Å². The summed E-state index contributed by atoms with van der Waals surface area (Å²) in [5, 5.41) is 0. The third kappa shape index (κ3) is 4.38. The number of aromatic nitrogens is 3. The molecule has 0 radical (unpaired) electrons. The number of hydrogen-bond donors (Lipinski definition) is 2. The smallest absolute Gasteiger partial charge is 0.255 e. The fraction of sp³-hybridized carbons (Fsp3) is 0.160. The van der Waals surface area contributed by atoms with Gasteiger partial charge in [0.1, 0.15) is 5.82 Å². The number of rotatable bonds is 4. The monoisotopic (exact) mass is 445 g/mol. The largest absolute Gasteiger partial charge is 0.399 e. The number of hydrogen-bond acceptors (Lipinski definition) is 5. The molecule has 4 aromatic rings. The van der Waals surface area contributed by atoms with E-state index in [1.807, 2.05) is 18.2 Å². The molecule has 2 aromatic heterocycles. The number of anilines is 1. The normalized spacial score (nSPS) is 13.6. The van der Waals surface area contributed by atoms with Crippen molar-refractivity contribution in [1.82, 2.24) is 19.9 Å². The molecule has 0 saturated heterocycles. The van der Waals surface area contributed by atoms with Crippen LogP contribution in [-0.2, 0) is 19.5 Å². The molecule has 0 amide bonds. The molecular weight excluding hydrogens is 424 g/mol. The van der Waals surface area contributed by atoms with Gasteiger partial charge < -0.3 is 10.7 Å². The average molecular weight is 445 g/mol. The quantitative estimate of drug-likeness (QED) is 0.465. The van der Waals surface area contributed by atoms with Crippen LogP contribution in [0.25, 0.3) is 22.6 Å². The molecule has 0 spiro atoms. The van der Waals surface area contributed by atoms with Crippen molar-refractivity contribution in [2.45, 2.75) is 19.5 Å². The first kappa shape index (κ1) is 21.0. The molecule has 0 aliphatic carbocycles. The summed E-state index contributed by atoms with van der Waals surface area (Å²) in [7, 11) is 0. The zero-order valence-corrected chi connectivity index (χ0v) is 17.7. The first-order valence-electron chi connectivity index (χ1n) is 10.6. The standard InChI is InChI=1S/C25H21F2N5O/c26-20-7-4-17(11-21(20)27)22-8-1-15(12-29-22)13-32-10-9-23-19(14-32)25(33)31-24(30-23)16-2-5-18(28)6-3-16/h1-8,11-12H,9-10,13-14,28H2,(H,30,31,33). The first-order valence-corrected chi connectivity index (χ1v) is 10.6. The summed E-state index contributed by atoms with van der Waals surface area (Å²) < 4.78 is 26.7. The highest BCUT2D eigenvalue weighted by molar-refractivity contribution is 5.60. The molecule has 1 aliphatic heterocycles. The number of nitrogens with one attached hydrogen (secondary N) is 1. The van der Waals surface area contributed by atoms with Crippen LogP contribution in [0.1, 0.15) is 16.8 Å². The van der Waals surface area contributed by atoms with Crippen molar-refractivity contribution in [2.24, 2.45) is 0 Å². The van der Waals surface area contributed by atoms with E-state index in [4.69, 9.17) is 5.73 Å². The highest BCUT2D eigenvalue weighted by Crippen LogP contribution is 2.23. The Kier molecular flexibility index (Phi) is 5.43. The van der Waals surface area contributed by atoms with Gasteiger partial charge in [0.2, 0.25) is 0 Å². The van der Waals surface area contributed by atoms with E-state index in [1.165, 1.54) is 6.07 Å². The summed E-state index contributed by atoms with van der Waals surface area (Å²) >= 11 is 0. The lowest BCUT2D eigenvalue weighted by atomic mass is 10.1. The zero-order valence-electron chi connectivity index (χ0n) is 17.7. The molecule has 3 N–H and O–H groups in total. The molecule has 6 nitrogen and oxygen atoms in total. The van der Waals surface area contributed by atoms with Gasteiger partial charge in [0.15, 0.2) is 11.6 Å². The summed E-state index contributed by atoms with van der Waals surface area (Å²) in [5.41, 5.74) is 10.6. The van der Waals surface area contributed by atoms with Crippen LogP contribution in [0.5, 0.6) is 0 Å². The van der Waals surface area contributed by atoms with Crippen LogP contribution in [0.15, 0.2) is 65.6 Å². The van der Waals surface area contributed by atoms with E-state index in [0.717, 1.165) is 35.5 Å². The number of fused-ring (bicyclic) bond motifs is 1. The fourth-order valence-electron chi connectivity index (χ4n) is 4.00.